The monoisotopic (exact) mass is 444 g/mol. The number of nitrogens with one attached hydrogen (secondary N) is 1. The van der Waals surface area contributed by atoms with Crippen LogP contribution in [0.5, 0.6) is 0 Å². The van der Waals surface area contributed by atoms with Crippen molar-refractivity contribution in [1.29, 1.82) is 0 Å². The Hall–Kier alpha value is -2.72. The van der Waals surface area contributed by atoms with E-state index in [9.17, 15) is 18.0 Å². The molecule has 0 spiro atoms. The van der Waals surface area contributed by atoms with Crippen LogP contribution in [0.2, 0.25) is 5.02 Å². The zero-order chi connectivity index (χ0) is 22.5. The number of hydrogen-bond acceptors (Lipinski definition) is 5. The van der Waals surface area contributed by atoms with Gasteiger partial charge in [-0.25, -0.2) is 14.8 Å². The molecular formula is C19H20ClF3N4O3. The average molecular weight is 445 g/mol. The van der Waals surface area contributed by atoms with Crippen molar-refractivity contribution in [1.82, 2.24) is 20.2 Å². The number of alkyl halides is 3. The Balaban J connectivity index is 0.000000396. The van der Waals surface area contributed by atoms with E-state index in [1.165, 1.54) is 0 Å². The van der Waals surface area contributed by atoms with Gasteiger partial charge < -0.3 is 15.3 Å². The van der Waals surface area contributed by atoms with E-state index in [1.54, 1.807) is 18.5 Å². The van der Waals surface area contributed by atoms with Gasteiger partial charge in [0.1, 0.15) is 0 Å². The van der Waals surface area contributed by atoms with Crippen molar-refractivity contribution in [2.45, 2.75) is 25.6 Å². The molecule has 0 radical (unpaired) electrons. The number of hydrogen-bond donors (Lipinski definition) is 2. The van der Waals surface area contributed by atoms with Crippen LogP contribution in [0.25, 0.3) is 11.4 Å². The molecule has 1 amide bonds. The third kappa shape index (κ3) is 6.39. The minimum absolute atomic E-state index is 0.0368. The molecule has 0 unspecified atom stereocenters. The topological polar surface area (TPSA) is 95.4 Å². The molecule has 0 aliphatic carbocycles. The van der Waals surface area contributed by atoms with E-state index in [1.807, 2.05) is 23.1 Å². The van der Waals surface area contributed by atoms with Crippen molar-refractivity contribution >= 4 is 23.5 Å². The molecule has 11 heteroatoms. The first-order valence-electron chi connectivity index (χ1n) is 8.82. The van der Waals surface area contributed by atoms with Crippen LogP contribution in [-0.4, -0.2) is 63.2 Å². The number of carbonyl (C=O) groups excluding carboxylic acids is 1. The van der Waals surface area contributed by atoms with Crippen molar-refractivity contribution in [2.75, 3.05) is 19.6 Å². The molecule has 1 aliphatic rings. The molecule has 3 rings (SSSR count). The zero-order valence-electron chi connectivity index (χ0n) is 16.2. The first kappa shape index (κ1) is 23.6. The molecule has 7 nitrogen and oxygen atoms in total. The number of amides is 1. The molecule has 0 bridgehead atoms. The van der Waals surface area contributed by atoms with Gasteiger partial charge in [-0.2, -0.15) is 13.2 Å². The first-order chi connectivity index (χ1) is 13.9. The quantitative estimate of drug-likeness (QED) is 0.738. The molecule has 2 heterocycles. The summed E-state index contributed by atoms with van der Waals surface area (Å²) in [5, 5.41) is 11.1. The third-order valence-corrected chi connectivity index (χ3v) is 4.44. The minimum atomic E-state index is -5.08. The number of nitrogens with zero attached hydrogens (tertiary/aromatic N) is 3. The maximum Gasteiger partial charge on any atom is 0.490 e. The number of carboxylic acid groups (broad SMARTS) is 1. The van der Waals surface area contributed by atoms with Crippen LogP contribution in [0, 0.1) is 0 Å². The summed E-state index contributed by atoms with van der Waals surface area (Å²) < 4.78 is 31.7. The highest BCUT2D eigenvalue weighted by Gasteiger charge is 2.38. The molecule has 1 aliphatic heterocycles. The molecule has 1 aromatic heterocycles. The fourth-order valence-corrected chi connectivity index (χ4v) is 2.94. The maximum absolute atomic E-state index is 12.6. The Kier molecular flexibility index (Phi) is 7.38. The average Bonchev–Trinajstić information content (AvgIpc) is 2.67. The summed E-state index contributed by atoms with van der Waals surface area (Å²) in [6.07, 6.45) is -1.94. The number of carbonyl (C=O) groups is 2. The van der Waals surface area contributed by atoms with Crippen molar-refractivity contribution < 1.29 is 27.9 Å². The Morgan fingerprint density at radius 1 is 1.20 bits per heavy atom. The van der Waals surface area contributed by atoms with Crippen molar-refractivity contribution in [3.63, 3.8) is 0 Å². The predicted molar refractivity (Wildman–Crippen MR) is 104 cm³/mol. The lowest BCUT2D eigenvalue weighted by atomic mass is 10.0. The summed E-state index contributed by atoms with van der Waals surface area (Å²) in [5.41, 5.74) is 1.18. The number of aliphatic carboxylic acids is 1. The zero-order valence-corrected chi connectivity index (χ0v) is 17.0. The van der Waals surface area contributed by atoms with Gasteiger partial charge in [0.2, 0.25) is 0 Å². The van der Waals surface area contributed by atoms with Gasteiger partial charge in [-0.05, 0) is 26.0 Å². The van der Waals surface area contributed by atoms with E-state index >= 15 is 0 Å². The van der Waals surface area contributed by atoms with Crippen LogP contribution in [0.1, 0.15) is 24.2 Å². The lowest BCUT2D eigenvalue weighted by molar-refractivity contribution is -0.192. The summed E-state index contributed by atoms with van der Waals surface area (Å²) >= 11 is 6.15. The summed E-state index contributed by atoms with van der Waals surface area (Å²) in [7, 11) is 0. The molecule has 162 valence electrons. The number of piperazine rings is 1. The maximum atomic E-state index is 12.6. The summed E-state index contributed by atoms with van der Waals surface area (Å²) in [5.74, 6) is -2.27. The summed E-state index contributed by atoms with van der Waals surface area (Å²) in [4.78, 5) is 31.9. The van der Waals surface area contributed by atoms with Gasteiger partial charge in [-0.15, -0.1) is 0 Å². The molecular weight excluding hydrogens is 425 g/mol. The van der Waals surface area contributed by atoms with Gasteiger partial charge >= 0.3 is 12.1 Å². The van der Waals surface area contributed by atoms with E-state index in [2.05, 4.69) is 29.1 Å². The predicted octanol–water partition coefficient (Wildman–Crippen LogP) is 3.25. The summed E-state index contributed by atoms with van der Waals surface area (Å²) in [6.45, 7) is 6.32. The standard InChI is InChI=1S/C17H19ClN4O.C2HF3O2/c1-17(2)11-22(8-7-21-17)16(23)12-9-19-15(20-10-12)13-5-3-4-6-14(13)18;3-2(4,5)1(6)7/h3-6,9-10,21H,7-8,11H2,1-2H3;(H,6,7). The second kappa shape index (κ2) is 9.40. The van der Waals surface area contributed by atoms with Crippen LogP contribution < -0.4 is 5.32 Å². The Labute approximate surface area is 175 Å². The second-order valence-electron chi connectivity index (χ2n) is 7.12. The van der Waals surface area contributed by atoms with Crippen molar-refractivity contribution in [3.8, 4) is 11.4 Å². The van der Waals surface area contributed by atoms with Crippen LogP contribution >= 0.6 is 11.6 Å². The highest BCUT2D eigenvalue weighted by Crippen LogP contribution is 2.24. The largest absolute Gasteiger partial charge is 0.490 e. The highest BCUT2D eigenvalue weighted by atomic mass is 35.5. The van der Waals surface area contributed by atoms with E-state index in [-0.39, 0.29) is 11.4 Å². The molecule has 1 saturated heterocycles. The molecule has 0 atom stereocenters. The highest BCUT2D eigenvalue weighted by molar-refractivity contribution is 6.33. The van der Waals surface area contributed by atoms with Crippen LogP contribution in [-0.2, 0) is 4.79 Å². The Morgan fingerprint density at radius 2 is 1.77 bits per heavy atom. The summed E-state index contributed by atoms with van der Waals surface area (Å²) in [6, 6.07) is 7.39. The van der Waals surface area contributed by atoms with Gasteiger partial charge in [0.05, 0.1) is 10.6 Å². The normalized spacial score (nSPS) is 15.7. The molecule has 1 fully saturated rings. The molecule has 1 aromatic carbocycles. The molecule has 2 N–H and O–H groups in total. The van der Waals surface area contributed by atoms with Crippen LogP contribution in [0.15, 0.2) is 36.7 Å². The van der Waals surface area contributed by atoms with Gasteiger partial charge in [0.25, 0.3) is 5.91 Å². The third-order valence-electron chi connectivity index (χ3n) is 4.11. The van der Waals surface area contributed by atoms with Gasteiger partial charge in [0.15, 0.2) is 5.82 Å². The van der Waals surface area contributed by atoms with E-state index in [0.29, 0.717) is 29.5 Å². The number of halogens is 4. The van der Waals surface area contributed by atoms with E-state index in [0.717, 1.165) is 12.1 Å². The SMILES string of the molecule is CC1(C)CN(C(=O)c2cnc(-c3ccccc3Cl)nc2)CCN1.O=C(O)C(F)(F)F. The Bertz CT molecular complexity index is 905. The van der Waals surface area contributed by atoms with E-state index in [4.69, 9.17) is 21.5 Å². The van der Waals surface area contributed by atoms with Crippen molar-refractivity contribution in [3.05, 3.63) is 47.2 Å². The van der Waals surface area contributed by atoms with Gasteiger partial charge in [0, 0.05) is 43.1 Å². The first-order valence-corrected chi connectivity index (χ1v) is 9.20. The lowest BCUT2D eigenvalue weighted by Crippen LogP contribution is -2.58. The lowest BCUT2D eigenvalue weighted by Gasteiger charge is -2.39. The Morgan fingerprint density at radius 3 is 2.27 bits per heavy atom. The van der Waals surface area contributed by atoms with Crippen LogP contribution in [0.4, 0.5) is 13.2 Å². The van der Waals surface area contributed by atoms with Crippen molar-refractivity contribution in [2.24, 2.45) is 0 Å². The minimum Gasteiger partial charge on any atom is -0.475 e. The van der Waals surface area contributed by atoms with Gasteiger partial charge in [-0.3, -0.25) is 4.79 Å². The van der Waals surface area contributed by atoms with E-state index < -0.39 is 12.1 Å². The number of rotatable bonds is 2. The molecule has 0 saturated carbocycles. The molecule has 2 aromatic rings. The van der Waals surface area contributed by atoms with Gasteiger partial charge in [-0.1, -0.05) is 23.7 Å². The number of carboxylic acids is 1. The smallest absolute Gasteiger partial charge is 0.475 e. The number of aromatic nitrogens is 2. The second-order valence-corrected chi connectivity index (χ2v) is 7.52. The molecule has 30 heavy (non-hydrogen) atoms. The fourth-order valence-electron chi connectivity index (χ4n) is 2.72. The fraction of sp³-hybridized carbons (Fsp3) is 0.368. The number of benzene rings is 1. The van der Waals surface area contributed by atoms with Crippen LogP contribution in [0.3, 0.4) is 0 Å².